The smallest absolute Gasteiger partial charge is 0.307 e. The van der Waals surface area contributed by atoms with Crippen LogP contribution in [0.15, 0.2) is 40.4 Å². The van der Waals surface area contributed by atoms with Crippen LogP contribution in [0.1, 0.15) is 18.4 Å². The lowest BCUT2D eigenvalue weighted by atomic mass is 9.64. The van der Waals surface area contributed by atoms with E-state index in [9.17, 15) is 19.8 Å². The summed E-state index contributed by atoms with van der Waals surface area (Å²) in [7, 11) is 0. The number of alkyl halides is 3. The standard InChI is InChI=1S/C20H17Cl5O4/c21-14-15(22)20(25)13-7-11(17(28)29)10(16(26)27)6-12(13)19(14,24)18(20,23)8-9-4-2-1-3-5-9/h1-5,10-13H,6-8H2,(H,26,27)(H,28,29). The molecule has 1 aromatic carbocycles. The lowest BCUT2D eigenvalue weighted by Crippen LogP contribution is -2.51. The van der Waals surface area contributed by atoms with Crippen molar-refractivity contribution in [3.63, 3.8) is 0 Å². The van der Waals surface area contributed by atoms with E-state index >= 15 is 0 Å². The van der Waals surface area contributed by atoms with Gasteiger partial charge in [-0.25, -0.2) is 0 Å². The predicted molar refractivity (Wildman–Crippen MR) is 113 cm³/mol. The van der Waals surface area contributed by atoms with Crippen LogP contribution in [0, 0.1) is 23.7 Å². The molecule has 3 aliphatic carbocycles. The van der Waals surface area contributed by atoms with E-state index in [0.717, 1.165) is 5.56 Å². The summed E-state index contributed by atoms with van der Waals surface area (Å²) < 4.78 is 0. The Labute approximate surface area is 192 Å². The number of hydrogen-bond acceptors (Lipinski definition) is 2. The van der Waals surface area contributed by atoms with Gasteiger partial charge in [0, 0.05) is 0 Å². The molecule has 4 rings (SSSR count). The van der Waals surface area contributed by atoms with Crippen molar-refractivity contribution in [2.75, 3.05) is 0 Å². The molecule has 0 amide bonds. The SMILES string of the molecule is O=C(O)C1CC2C(CC1C(=O)O)C1(Cl)C(Cl)=C(Cl)C2(Cl)C1(Cl)Cc1ccccc1. The van der Waals surface area contributed by atoms with Crippen LogP contribution in [0.4, 0.5) is 0 Å². The van der Waals surface area contributed by atoms with Gasteiger partial charge in [-0.3, -0.25) is 9.59 Å². The van der Waals surface area contributed by atoms with E-state index in [1.165, 1.54) is 0 Å². The molecule has 9 heteroatoms. The maximum absolute atomic E-state index is 11.8. The summed E-state index contributed by atoms with van der Waals surface area (Å²) in [6.45, 7) is 0. The van der Waals surface area contributed by atoms with Gasteiger partial charge in [-0.15, -0.1) is 34.8 Å². The number of benzene rings is 1. The van der Waals surface area contributed by atoms with Crippen molar-refractivity contribution < 1.29 is 19.8 Å². The molecule has 4 nitrogen and oxygen atoms in total. The minimum atomic E-state index is -1.40. The van der Waals surface area contributed by atoms with Gasteiger partial charge in [0.15, 0.2) is 0 Å². The molecule has 156 valence electrons. The normalized spacial score (nSPS) is 43.3. The molecule has 0 heterocycles. The monoisotopic (exact) mass is 496 g/mol. The van der Waals surface area contributed by atoms with Crippen molar-refractivity contribution in [1.29, 1.82) is 0 Å². The fraction of sp³-hybridized carbons (Fsp3) is 0.500. The average molecular weight is 499 g/mol. The second kappa shape index (κ2) is 6.93. The Bertz CT molecular complexity index is 869. The second-order valence-electron chi connectivity index (χ2n) is 8.09. The van der Waals surface area contributed by atoms with Gasteiger partial charge in [0.2, 0.25) is 0 Å². The quantitative estimate of drug-likeness (QED) is 0.552. The van der Waals surface area contributed by atoms with E-state index in [4.69, 9.17) is 58.0 Å². The maximum Gasteiger partial charge on any atom is 0.307 e. The summed E-state index contributed by atoms with van der Waals surface area (Å²) in [6.07, 6.45) is 0.272. The summed E-state index contributed by atoms with van der Waals surface area (Å²) in [5.74, 6) is -5.62. The van der Waals surface area contributed by atoms with Gasteiger partial charge in [-0.2, -0.15) is 0 Å². The van der Waals surface area contributed by atoms with E-state index in [0.29, 0.717) is 0 Å². The Hall–Kier alpha value is -0.650. The molecule has 1 aromatic rings. The minimum absolute atomic E-state index is 0.0125. The molecule has 2 bridgehead atoms. The van der Waals surface area contributed by atoms with E-state index in [1.807, 2.05) is 30.3 Å². The van der Waals surface area contributed by atoms with E-state index in [1.54, 1.807) is 0 Å². The molecular weight excluding hydrogens is 481 g/mol. The van der Waals surface area contributed by atoms with Crippen molar-refractivity contribution in [1.82, 2.24) is 0 Å². The van der Waals surface area contributed by atoms with Gasteiger partial charge >= 0.3 is 11.9 Å². The number of carbonyl (C=O) groups is 2. The molecule has 0 aromatic heterocycles. The first-order valence-electron chi connectivity index (χ1n) is 9.12. The third-order valence-electron chi connectivity index (χ3n) is 6.92. The van der Waals surface area contributed by atoms with Gasteiger partial charge < -0.3 is 10.2 Å². The largest absolute Gasteiger partial charge is 0.481 e. The zero-order valence-electron chi connectivity index (χ0n) is 14.9. The lowest BCUT2D eigenvalue weighted by Gasteiger charge is -2.44. The molecule has 0 aliphatic heterocycles. The number of halogens is 5. The molecule has 0 radical (unpaired) electrons. The third kappa shape index (κ3) is 2.59. The molecule has 29 heavy (non-hydrogen) atoms. The van der Waals surface area contributed by atoms with Crippen molar-refractivity contribution in [3.05, 3.63) is 46.0 Å². The molecular formula is C20H17Cl5O4. The number of carboxylic acids is 2. The first-order chi connectivity index (χ1) is 13.5. The molecule has 0 saturated heterocycles. The second-order valence-corrected chi connectivity index (χ2v) is 10.7. The Morgan fingerprint density at radius 3 is 1.66 bits per heavy atom. The van der Waals surface area contributed by atoms with Gasteiger partial charge in [-0.05, 0) is 36.7 Å². The molecule has 2 fully saturated rings. The van der Waals surface area contributed by atoms with E-state index < -0.39 is 50.2 Å². The Morgan fingerprint density at radius 2 is 1.28 bits per heavy atom. The topological polar surface area (TPSA) is 74.6 Å². The molecule has 3 aliphatic rings. The summed E-state index contributed by atoms with van der Waals surface area (Å²) >= 11 is 34.6. The van der Waals surface area contributed by atoms with Crippen LogP contribution in [0.25, 0.3) is 0 Å². The third-order valence-corrected chi connectivity index (χ3v) is 10.7. The number of carboxylic acid groups (broad SMARTS) is 2. The maximum atomic E-state index is 11.8. The van der Waals surface area contributed by atoms with E-state index in [-0.39, 0.29) is 29.3 Å². The molecule has 0 spiro atoms. The van der Waals surface area contributed by atoms with Gasteiger partial charge in [-0.1, -0.05) is 53.5 Å². The number of fused-ring (bicyclic) bond motifs is 5. The number of hydrogen-bond donors (Lipinski definition) is 2. The summed E-state index contributed by atoms with van der Waals surface area (Å²) in [6, 6.07) is 9.35. The number of allylic oxidation sites excluding steroid dienone is 2. The zero-order chi connectivity index (χ0) is 21.4. The van der Waals surface area contributed by atoms with Gasteiger partial charge in [0.1, 0.15) is 9.75 Å². The molecule has 2 N–H and O–H groups in total. The molecule has 2 saturated carbocycles. The summed E-state index contributed by atoms with van der Waals surface area (Å²) in [5.41, 5.74) is 0.872. The fourth-order valence-corrected chi connectivity index (χ4v) is 8.48. The fourth-order valence-electron chi connectivity index (χ4n) is 5.61. The first kappa shape index (κ1) is 21.6. The Balaban J connectivity index is 1.86. The lowest BCUT2D eigenvalue weighted by molar-refractivity contribution is -0.158. The van der Waals surface area contributed by atoms with Crippen LogP contribution in [-0.4, -0.2) is 36.8 Å². The Kier molecular flexibility index (Phi) is 5.16. The average Bonchev–Trinajstić information content (AvgIpc) is 2.90. The van der Waals surface area contributed by atoms with Crippen LogP contribution in [-0.2, 0) is 16.0 Å². The highest BCUT2D eigenvalue weighted by atomic mass is 35.5. The van der Waals surface area contributed by atoms with Crippen LogP contribution in [0.3, 0.4) is 0 Å². The molecule has 6 atom stereocenters. The highest BCUT2D eigenvalue weighted by Crippen LogP contribution is 2.78. The van der Waals surface area contributed by atoms with Crippen molar-refractivity contribution in [2.45, 2.75) is 33.9 Å². The zero-order valence-corrected chi connectivity index (χ0v) is 18.7. The first-order valence-corrected chi connectivity index (χ1v) is 11.0. The van der Waals surface area contributed by atoms with Crippen LogP contribution in [0.5, 0.6) is 0 Å². The van der Waals surface area contributed by atoms with Crippen LogP contribution < -0.4 is 0 Å². The summed E-state index contributed by atoms with van der Waals surface area (Å²) in [5, 5.41) is 19.5. The van der Waals surface area contributed by atoms with Crippen molar-refractivity contribution >= 4 is 69.9 Å². The number of aliphatic carboxylic acids is 2. The number of rotatable bonds is 4. The molecule has 6 unspecified atom stereocenters. The van der Waals surface area contributed by atoms with Gasteiger partial charge in [0.05, 0.1) is 26.8 Å². The Morgan fingerprint density at radius 1 is 0.862 bits per heavy atom. The summed E-state index contributed by atoms with van der Waals surface area (Å²) in [4.78, 5) is 19.5. The predicted octanol–water partition coefficient (Wildman–Crippen LogP) is 5.31. The van der Waals surface area contributed by atoms with Crippen molar-refractivity contribution in [2.24, 2.45) is 23.7 Å². The van der Waals surface area contributed by atoms with Crippen LogP contribution >= 0.6 is 58.0 Å². The van der Waals surface area contributed by atoms with Crippen molar-refractivity contribution in [3.8, 4) is 0 Å². The highest BCUT2D eigenvalue weighted by molar-refractivity contribution is 6.56. The van der Waals surface area contributed by atoms with Gasteiger partial charge in [0.25, 0.3) is 0 Å². The highest BCUT2D eigenvalue weighted by Gasteiger charge is 2.82. The minimum Gasteiger partial charge on any atom is -0.481 e. The van der Waals surface area contributed by atoms with E-state index in [2.05, 4.69) is 0 Å². The van der Waals surface area contributed by atoms with Crippen LogP contribution in [0.2, 0.25) is 0 Å².